The second-order valence-corrected chi connectivity index (χ2v) is 3.63. The summed E-state index contributed by atoms with van der Waals surface area (Å²) in [6.45, 7) is 0.635. The average Bonchev–Trinajstić information content (AvgIpc) is 2.30. The van der Waals surface area contributed by atoms with Crippen LogP contribution in [-0.2, 0) is 19.1 Å². The second kappa shape index (κ2) is 6.07. The van der Waals surface area contributed by atoms with E-state index in [-0.39, 0.29) is 12.8 Å². The third-order valence-electron chi connectivity index (χ3n) is 2.51. The van der Waals surface area contributed by atoms with Crippen LogP contribution in [0.15, 0.2) is 0 Å². The first-order chi connectivity index (χ1) is 8.06. The Kier molecular flexibility index (Phi) is 4.74. The van der Waals surface area contributed by atoms with Gasteiger partial charge in [0.1, 0.15) is 6.04 Å². The molecule has 1 rings (SSSR count). The predicted molar refractivity (Wildman–Crippen MR) is 55.3 cm³/mol. The van der Waals surface area contributed by atoms with Gasteiger partial charge < -0.3 is 14.6 Å². The highest BCUT2D eigenvalue weighted by molar-refractivity contribution is 5.81. The molecule has 1 unspecified atom stereocenters. The summed E-state index contributed by atoms with van der Waals surface area (Å²) in [6.07, 6.45) is -0.0734. The van der Waals surface area contributed by atoms with Crippen LogP contribution in [0.1, 0.15) is 19.3 Å². The van der Waals surface area contributed by atoms with Crippen molar-refractivity contribution in [2.24, 2.45) is 0 Å². The Balaban J connectivity index is 2.61. The van der Waals surface area contributed by atoms with E-state index in [1.54, 1.807) is 0 Å². The van der Waals surface area contributed by atoms with E-state index >= 15 is 0 Å². The molecular formula is C10H15NO6. The Morgan fingerprint density at radius 3 is 2.82 bits per heavy atom. The molecule has 1 aliphatic heterocycles. The number of carbonyl (C=O) groups excluding carboxylic acids is 2. The van der Waals surface area contributed by atoms with Crippen molar-refractivity contribution in [3.63, 3.8) is 0 Å². The molecule has 1 N–H and O–H groups in total. The molecule has 0 aliphatic carbocycles. The number of nitrogens with zero attached hydrogens (tertiary/aromatic N) is 1. The lowest BCUT2D eigenvalue weighted by molar-refractivity contribution is -0.145. The minimum atomic E-state index is -1.15. The van der Waals surface area contributed by atoms with Gasteiger partial charge in [0.15, 0.2) is 0 Å². The quantitative estimate of drug-likeness (QED) is 0.697. The first-order valence-corrected chi connectivity index (χ1v) is 5.29. The number of hydrogen-bond acceptors (Lipinski definition) is 5. The van der Waals surface area contributed by atoms with Crippen LogP contribution in [0.25, 0.3) is 0 Å². The van der Waals surface area contributed by atoms with Crippen LogP contribution in [0, 0.1) is 0 Å². The van der Waals surface area contributed by atoms with Gasteiger partial charge in [-0.2, -0.15) is 0 Å². The molecule has 0 spiro atoms. The van der Waals surface area contributed by atoms with Gasteiger partial charge in [0.2, 0.25) is 0 Å². The molecule has 1 atom stereocenters. The number of aliphatic carboxylic acids is 1. The smallest absolute Gasteiger partial charge is 0.410 e. The zero-order valence-corrected chi connectivity index (χ0v) is 9.55. The SMILES string of the molecule is COC(=O)CCC(C(=O)O)N1CCCOC1=O. The molecule has 1 fully saturated rings. The Labute approximate surface area is 98.3 Å². The Morgan fingerprint density at radius 1 is 1.59 bits per heavy atom. The van der Waals surface area contributed by atoms with Gasteiger partial charge in [-0.3, -0.25) is 9.69 Å². The molecule has 0 aromatic heterocycles. The Hall–Kier alpha value is -1.79. The largest absolute Gasteiger partial charge is 0.480 e. The lowest BCUT2D eigenvalue weighted by atomic mass is 10.1. The van der Waals surface area contributed by atoms with Crippen molar-refractivity contribution in [1.82, 2.24) is 4.90 Å². The molecule has 0 radical (unpaired) electrons. The topological polar surface area (TPSA) is 93.1 Å². The fraction of sp³-hybridized carbons (Fsp3) is 0.700. The van der Waals surface area contributed by atoms with Crippen molar-refractivity contribution in [1.29, 1.82) is 0 Å². The van der Waals surface area contributed by atoms with Gasteiger partial charge in [0, 0.05) is 13.0 Å². The van der Waals surface area contributed by atoms with E-state index in [9.17, 15) is 14.4 Å². The minimum Gasteiger partial charge on any atom is -0.480 e. The number of rotatable bonds is 5. The predicted octanol–water partition coefficient (Wildman–Crippen LogP) is 0.235. The lowest BCUT2D eigenvalue weighted by Crippen LogP contribution is -2.48. The fourth-order valence-electron chi connectivity index (χ4n) is 1.62. The van der Waals surface area contributed by atoms with Gasteiger partial charge in [-0.25, -0.2) is 9.59 Å². The summed E-state index contributed by atoms with van der Waals surface area (Å²) in [5.41, 5.74) is 0. The van der Waals surface area contributed by atoms with Gasteiger partial charge in [0.05, 0.1) is 13.7 Å². The molecule has 7 nitrogen and oxygen atoms in total. The number of carboxylic acid groups (broad SMARTS) is 1. The molecule has 1 saturated heterocycles. The van der Waals surface area contributed by atoms with E-state index in [2.05, 4.69) is 4.74 Å². The van der Waals surface area contributed by atoms with Crippen LogP contribution < -0.4 is 0 Å². The third-order valence-corrected chi connectivity index (χ3v) is 2.51. The zero-order chi connectivity index (χ0) is 12.8. The van der Waals surface area contributed by atoms with E-state index in [1.165, 1.54) is 7.11 Å². The van der Waals surface area contributed by atoms with E-state index in [0.717, 1.165) is 4.90 Å². The lowest BCUT2D eigenvalue weighted by Gasteiger charge is -2.31. The van der Waals surface area contributed by atoms with Crippen LogP contribution in [0.2, 0.25) is 0 Å². The highest BCUT2D eigenvalue weighted by atomic mass is 16.6. The molecule has 0 aromatic carbocycles. The van der Waals surface area contributed by atoms with E-state index in [0.29, 0.717) is 19.6 Å². The molecular weight excluding hydrogens is 230 g/mol. The maximum atomic E-state index is 11.4. The van der Waals surface area contributed by atoms with E-state index < -0.39 is 24.1 Å². The van der Waals surface area contributed by atoms with Crippen LogP contribution in [0.5, 0.6) is 0 Å². The number of carbonyl (C=O) groups is 3. The van der Waals surface area contributed by atoms with Crippen LogP contribution in [-0.4, -0.2) is 54.3 Å². The molecule has 0 bridgehead atoms. The van der Waals surface area contributed by atoms with Gasteiger partial charge in [-0.05, 0) is 12.8 Å². The average molecular weight is 245 g/mol. The zero-order valence-electron chi connectivity index (χ0n) is 9.55. The summed E-state index contributed by atoms with van der Waals surface area (Å²) < 4.78 is 9.19. The number of amides is 1. The number of hydrogen-bond donors (Lipinski definition) is 1. The summed E-state index contributed by atoms with van der Waals surface area (Å²) in [5.74, 6) is -1.64. The van der Waals surface area contributed by atoms with E-state index in [4.69, 9.17) is 9.84 Å². The molecule has 1 heterocycles. The van der Waals surface area contributed by atoms with Gasteiger partial charge >= 0.3 is 18.0 Å². The number of methoxy groups -OCH3 is 1. The van der Waals surface area contributed by atoms with Crippen LogP contribution >= 0.6 is 0 Å². The highest BCUT2D eigenvalue weighted by Crippen LogP contribution is 2.14. The van der Waals surface area contributed by atoms with Crippen molar-refractivity contribution in [3.05, 3.63) is 0 Å². The van der Waals surface area contributed by atoms with Crippen molar-refractivity contribution in [2.75, 3.05) is 20.3 Å². The molecule has 1 aliphatic rings. The number of ether oxygens (including phenoxy) is 2. The summed E-state index contributed by atoms with van der Waals surface area (Å²) in [6, 6.07) is -1.04. The number of cyclic esters (lactones) is 1. The standard InChI is InChI=1S/C10H15NO6/c1-16-8(12)4-3-7(9(13)14)11-5-2-6-17-10(11)15/h7H,2-6H2,1H3,(H,13,14). The molecule has 0 saturated carbocycles. The monoisotopic (exact) mass is 245 g/mol. The van der Waals surface area contributed by atoms with Crippen molar-refractivity contribution in [3.8, 4) is 0 Å². The molecule has 0 aromatic rings. The van der Waals surface area contributed by atoms with Crippen molar-refractivity contribution >= 4 is 18.0 Å². The maximum absolute atomic E-state index is 11.4. The first kappa shape index (κ1) is 13.3. The van der Waals surface area contributed by atoms with Crippen molar-refractivity contribution in [2.45, 2.75) is 25.3 Å². The third kappa shape index (κ3) is 3.61. The normalized spacial score (nSPS) is 17.2. The number of carboxylic acids is 1. The summed E-state index contributed by atoms with van der Waals surface area (Å²) in [5, 5.41) is 9.03. The molecule has 7 heteroatoms. The van der Waals surface area contributed by atoms with E-state index in [1.807, 2.05) is 0 Å². The second-order valence-electron chi connectivity index (χ2n) is 3.63. The summed E-state index contributed by atoms with van der Waals surface area (Å²) in [4.78, 5) is 34.5. The first-order valence-electron chi connectivity index (χ1n) is 5.29. The minimum absolute atomic E-state index is 0.0249. The summed E-state index contributed by atoms with van der Waals surface area (Å²) >= 11 is 0. The fourth-order valence-corrected chi connectivity index (χ4v) is 1.62. The molecule has 17 heavy (non-hydrogen) atoms. The summed E-state index contributed by atoms with van der Waals surface area (Å²) in [7, 11) is 1.23. The van der Waals surface area contributed by atoms with Gasteiger partial charge in [-0.15, -0.1) is 0 Å². The van der Waals surface area contributed by atoms with Gasteiger partial charge in [-0.1, -0.05) is 0 Å². The van der Waals surface area contributed by atoms with Crippen LogP contribution in [0.3, 0.4) is 0 Å². The van der Waals surface area contributed by atoms with Crippen LogP contribution in [0.4, 0.5) is 4.79 Å². The Bertz CT molecular complexity index is 316. The van der Waals surface area contributed by atoms with Crippen molar-refractivity contribution < 1.29 is 29.0 Å². The number of esters is 1. The van der Waals surface area contributed by atoms with Gasteiger partial charge in [0.25, 0.3) is 0 Å². The maximum Gasteiger partial charge on any atom is 0.410 e. The molecule has 96 valence electrons. The molecule has 1 amide bonds. The Morgan fingerprint density at radius 2 is 2.29 bits per heavy atom. The highest BCUT2D eigenvalue weighted by Gasteiger charge is 2.32.